The normalized spacial score (nSPS) is 22.8. The highest BCUT2D eigenvalue weighted by molar-refractivity contribution is 5.88. The Hall–Kier alpha value is -3.33. The number of nitrogens with two attached hydrogens (primary N) is 1. The van der Waals surface area contributed by atoms with Crippen LogP contribution in [-0.2, 0) is 6.42 Å². The van der Waals surface area contributed by atoms with Crippen molar-refractivity contribution in [3.8, 4) is 22.9 Å². The van der Waals surface area contributed by atoms with Crippen molar-refractivity contribution in [1.29, 1.82) is 0 Å². The zero-order valence-corrected chi connectivity index (χ0v) is 18.0. The van der Waals surface area contributed by atoms with E-state index in [1.54, 1.807) is 25.5 Å². The maximum atomic E-state index is 14.4. The number of ether oxygens (including phenoxy) is 1. The van der Waals surface area contributed by atoms with E-state index in [1.165, 1.54) is 6.07 Å². The van der Waals surface area contributed by atoms with Crippen LogP contribution in [0.1, 0.15) is 23.5 Å². The van der Waals surface area contributed by atoms with E-state index in [9.17, 15) is 4.39 Å². The van der Waals surface area contributed by atoms with Gasteiger partial charge in [0.1, 0.15) is 17.5 Å². The van der Waals surface area contributed by atoms with Gasteiger partial charge in [-0.3, -0.25) is 0 Å². The van der Waals surface area contributed by atoms with E-state index < -0.39 is 0 Å². The molecule has 3 unspecified atom stereocenters. The Labute approximate surface area is 185 Å². The average molecular weight is 433 g/mol. The molecule has 1 aromatic carbocycles. The fraction of sp³-hybridized carbons (Fsp3) is 0.391. The van der Waals surface area contributed by atoms with Crippen LogP contribution in [0.15, 0.2) is 24.5 Å². The van der Waals surface area contributed by atoms with E-state index >= 15 is 0 Å². The van der Waals surface area contributed by atoms with Crippen LogP contribution in [0.5, 0.6) is 11.8 Å². The molecular formula is C23H24FN7O. The highest BCUT2D eigenvalue weighted by atomic mass is 19.1. The van der Waals surface area contributed by atoms with E-state index in [2.05, 4.69) is 20.2 Å². The van der Waals surface area contributed by atoms with Crippen molar-refractivity contribution in [2.24, 2.45) is 17.6 Å². The van der Waals surface area contributed by atoms with Gasteiger partial charge in [0.25, 0.3) is 0 Å². The molecule has 2 aromatic heterocycles. The molecule has 0 bridgehead atoms. The summed E-state index contributed by atoms with van der Waals surface area (Å²) < 4.78 is 20.4. The maximum Gasteiger partial charge on any atom is 0.324 e. The van der Waals surface area contributed by atoms with Gasteiger partial charge in [0.2, 0.25) is 0 Å². The molecule has 2 fully saturated rings. The molecule has 3 N–H and O–H groups in total. The Morgan fingerprint density at radius 1 is 1.19 bits per heavy atom. The molecule has 8 nitrogen and oxygen atoms in total. The second-order valence-electron chi connectivity index (χ2n) is 8.85. The largest absolute Gasteiger partial charge is 0.421 e. The van der Waals surface area contributed by atoms with Gasteiger partial charge < -0.3 is 20.7 Å². The van der Waals surface area contributed by atoms with Gasteiger partial charge in [0.05, 0.1) is 18.1 Å². The predicted octanol–water partition coefficient (Wildman–Crippen LogP) is 2.90. The lowest BCUT2D eigenvalue weighted by Gasteiger charge is -2.36. The fourth-order valence-corrected chi connectivity index (χ4v) is 5.26. The molecule has 3 aromatic rings. The molecule has 32 heavy (non-hydrogen) atoms. The Balaban J connectivity index is 1.46. The van der Waals surface area contributed by atoms with Crippen molar-refractivity contribution < 1.29 is 9.13 Å². The highest BCUT2D eigenvalue weighted by Crippen LogP contribution is 2.48. The molecule has 3 atom stereocenters. The third-order valence-corrected chi connectivity index (χ3v) is 6.92. The van der Waals surface area contributed by atoms with Crippen molar-refractivity contribution in [1.82, 2.24) is 19.9 Å². The van der Waals surface area contributed by atoms with Gasteiger partial charge in [0.15, 0.2) is 5.75 Å². The summed E-state index contributed by atoms with van der Waals surface area (Å²) in [6.07, 6.45) is 4.83. The Morgan fingerprint density at radius 3 is 2.72 bits per heavy atom. The number of hydrogen-bond donors (Lipinski definition) is 2. The summed E-state index contributed by atoms with van der Waals surface area (Å²) >= 11 is 0. The first-order valence-electron chi connectivity index (χ1n) is 10.9. The summed E-state index contributed by atoms with van der Waals surface area (Å²) in [5.41, 5.74) is 10.6. The minimum Gasteiger partial charge on any atom is -0.421 e. The number of nitrogens with one attached hydrogen (secondary N) is 1. The zero-order valence-electron chi connectivity index (χ0n) is 18.0. The van der Waals surface area contributed by atoms with Crippen LogP contribution < -0.4 is 20.7 Å². The quantitative estimate of drug-likeness (QED) is 0.507. The van der Waals surface area contributed by atoms with Gasteiger partial charge in [-0.15, -0.1) is 0 Å². The van der Waals surface area contributed by atoms with Crippen LogP contribution in [-0.4, -0.2) is 46.1 Å². The van der Waals surface area contributed by atoms with E-state index in [0.29, 0.717) is 29.8 Å². The number of aromatic nitrogens is 4. The zero-order chi connectivity index (χ0) is 22.0. The van der Waals surface area contributed by atoms with Crippen LogP contribution in [0, 0.1) is 24.6 Å². The molecular weight excluding hydrogens is 409 g/mol. The van der Waals surface area contributed by atoms with Gasteiger partial charge in [0, 0.05) is 43.9 Å². The van der Waals surface area contributed by atoms with Gasteiger partial charge in [-0.2, -0.15) is 9.97 Å². The number of nitrogens with zero attached hydrogens (tertiary/aromatic N) is 5. The number of anilines is 2. The van der Waals surface area contributed by atoms with Crippen molar-refractivity contribution in [3.05, 3.63) is 47.4 Å². The summed E-state index contributed by atoms with van der Waals surface area (Å²) in [5.74, 6) is 2.68. The van der Waals surface area contributed by atoms with Gasteiger partial charge >= 0.3 is 6.01 Å². The number of halogens is 1. The van der Waals surface area contributed by atoms with E-state index in [-0.39, 0.29) is 17.9 Å². The first-order valence-corrected chi connectivity index (χ1v) is 10.9. The summed E-state index contributed by atoms with van der Waals surface area (Å²) in [5, 5.41) is 3.12. The first-order chi connectivity index (χ1) is 15.5. The van der Waals surface area contributed by atoms with Crippen LogP contribution in [0.3, 0.4) is 0 Å². The average Bonchev–Trinajstić information content (AvgIpc) is 3.31. The molecule has 0 amide bonds. The summed E-state index contributed by atoms with van der Waals surface area (Å²) in [6, 6.07) is 3.59. The molecule has 9 heteroatoms. The molecule has 0 spiro atoms. The van der Waals surface area contributed by atoms with E-state index in [4.69, 9.17) is 20.4 Å². The molecule has 6 rings (SSSR count). The lowest BCUT2D eigenvalue weighted by molar-refractivity contribution is 0.194. The van der Waals surface area contributed by atoms with Gasteiger partial charge in [-0.05, 0) is 48.4 Å². The molecule has 164 valence electrons. The van der Waals surface area contributed by atoms with E-state index in [0.717, 1.165) is 53.4 Å². The lowest BCUT2D eigenvalue weighted by Crippen LogP contribution is -2.46. The summed E-state index contributed by atoms with van der Waals surface area (Å²) in [4.78, 5) is 20.1. The minimum atomic E-state index is -0.285. The Kier molecular flexibility index (Phi) is 4.29. The summed E-state index contributed by atoms with van der Waals surface area (Å²) in [6.45, 7) is 3.54. The standard InChI is InChI=1S/C23H24FN7O/c1-11-27-7-14(8-28-11)32-23-29-20-6-15-16(4-13(24)5-19(15)26-2)21(20)22(30-23)31-9-12-3-18(25)17(12)10-31/h4-5,7-8,12,17-18,26H,3,6,9-10,25H2,1-2H3. The molecule has 0 radical (unpaired) electrons. The number of fused-ring (bicyclic) bond motifs is 4. The van der Waals surface area contributed by atoms with Crippen LogP contribution >= 0.6 is 0 Å². The molecule has 3 aliphatic rings. The van der Waals surface area contributed by atoms with E-state index in [1.807, 2.05) is 6.92 Å². The topological polar surface area (TPSA) is 102 Å². The number of aryl methyl sites for hydroxylation is 1. The molecule has 3 heterocycles. The third kappa shape index (κ3) is 2.99. The third-order valence-electron chi connectivity index (χ3n) is 6.92. The summed E-state index contributed by atoms with van der Waals surface area (Å²) in [7, 11) is 1.80. The van der Waals surface area contributed by atoms with Crippen molar-refractivity contribution in [2.75, 3.05) is 30.4 Å². The second kappa shape index (κ2) is 7.09. The molecule has 1 saturated heterocycles. The predicted molar refractivity (Wildman–Crippen MR) is 118 cm³/mol. The van der Waals surface area contributed by atoms with Crippen molar-refractivity contribution >= 4 is 11.5 Å². The molecule has 1 aliphatic heterocycles. The van der Waals surface area contributed by atoms with Gasteiger partial charge in [-0.25, -0.2) is 14.4 Å². The number of hydrogen-bond acceptors (Lipinski definition) is 8. The first kappa shape index (κ1) is 19.4. The Morgan fingerprint density at radius 2 is 2.00 bits per heavy atom. The van der Waals surface area contributed by atoms with Crippen molar-refractivity contribution in [3.63, 3.8) is 0 Å². The monoisotopic (exact) mass is 433 g/mol. The smallest absolute Gasteiger partial charge is 0.324 e. The number of benzene rings is 1. The molecule has 2 aliphatic carbocycles. The van der Waals surface area contributed by atoms with Crippen LogP contribution in [0.4, 0.5) is 15.9 Å². The maximum absolute atomic E-state index is 14.4. The fourth-order valence-electron chi connectivity index (χ4n) is 5.26. The second-order valence-corrected chi connectivity index (χ2v) is 8.85. The number of rotatable bonds is 4. The molecule has 1 saturated carbocycles. The van der Waals surface area contributed by atoms with Crippen LogP contribution in [0.2, 0.25) is 0 Å². The van der Waals surface area contributed by atoms with Gasteiger partial charge in [-0.1, -0.05) is 0 Å². The highest BCUT2D eigenvalue weighted by Gasteiger charge is 2.46. The Bertz CT molecular complexity index is 1220. The lowest BCUT2D eigenvalue weighted by atomic mass is 9.72. The van der Waals surface area contributed by atoms with Crippen molar-refractivity contribution in [2.45, 2.75) is 25.8 Å². The SMILES string of the molecule is CNc1cc(F)cc2c1Cc1nc(Oc3cnc(C)nc3)nc(N3CC4CC(N)C4C3)c1-2. The minimum absolute atomic E-state index is 0.237. The van der Waals surface area contributed by atoms with Crippen LogP contribution in [0.25, 0.3) is 11.1 Å².